The maximum Gasteiger partial charge on any atom is 0.246 e. The van der Waals surface area contributed by atoms with Crippen molar-refractivity contribution in [3.63, 3.8) is 0 Å². The van der Waals surface area contributed by atoms with Crippen LogP contribution in [0.4, 0.5) is 0 Å². The number of hydrogen-bond acceptors (Lipinski definition) is 12. The Morgan fingerprint density at radius 2 is 1.20 bits per heavy atom. The molecule has 0 bridgehead atoms. The van der Waals surface area contributed by atoms with Crippen molar-refractivity contribution < 1.29 is 38.4 Å². The largest absolute Gasteiger partial charge is 0.370 e. The molecular weight excluding hydrogens is 1100 g/mol. The highest BCUT2D eigenvalue weighted by atomic mass is 16.2. The molecule has 0 spiro atoms. The third-order valence-corrected chi connectivity index (χ3v) is 15.5. The molecular formula is C62H82N16O8. The fraction of sp³-hybridized carbons (Fsp3) is 0.419. The van der Waals surface area contributed by atoms with Crippen LogP contribution in [0.5, 0.6) is 0 Å². The maximum atomic E-state index is 15.2. The van der Waals surface area contributed by atoms with Crippen LogP contribution >= 0.6 is 0 Å². The molecule has 24 heteroatoms. The molecule has 19 N–H and O–H groups in total. The smallest absolute Gasteiger partial charge is 0.246 e. The number of unbranched alkanes of at least 4 members (excludes halogenated alkanes) is 1. The van der Waals surface area contributed by atoms with E-state index in [2.05, 4.69) is 57.2 Å². The molecule has 1 fully saturated rings. The van der Waals surface area contributed by atoms with E-state index in [9.17, 15) is 24.0 Å². The Labute approximate surface area is 499 Å². The number of aromatic nitrogens is 3. The zero-order chi connectivity index (χ0) is 61.8. The normalized spacial score (nSPS) is 15.2. The minimum Gasteiger partial charge on any atom is -0.370 e. The Kier molecular flexibility index (Phi) is 23.3. The summed E-state index contributed by atoms with van der Waals surface area (Å²) in [7, 11) is 0. The molecule has 1 aliphatic carbocycles. The van der Waals surface area contributed by atoms with Crippen LogP contribution in [0.2, 0.25) is 0 Å². The number of amides is 8. The van der Waals surface area contributed by atoms with E-state index in [-0.39, 0.29) is 76.2 Å². The standard InChI is InChI=1S/C62H82N16O8/c1-37(2)52(53(65)79)77-58(84)49(30-38-15-4-3-5-16-38)74-56(82)48(21-10-13-27-63)76-60(86)62(25-11-12-26-62)78-59(85)51(32-42-34-70-46-20-9-8-19-44(42)46)75-55(81)47(22-14-28-69-61(66)67)72-57(83)50(73-54(80)45(64)33-43-35-68-36-71-43)31-39-23-24-40-17-6-7-18-41(40)29-39/h3-9,15-20,23-24,29,34-37,45,47-52,70H,10-14,21-22,25-28,30-33,63-64H2,1-2H3,(H2,65,79)(H,68,71)(H,72,83)(H,73,80)(H,74,82)(H,75,81)(H,76,86)(H,77,84)(H,78,85)(H4,66,67,69)/t45-,47-,48-,49-,50-,51-,52-/m0/s1. The number of hydrogen-bond donors (Lipinski definition) is 14. The summed E-state index contributed by atoms with van der Waals surface area (Å²) in [5.41, 5.74) is 31.1. The molecule has 0 radical (unpaired) electrons. The molecule has 0 aliphatic heterocycles. The van der Waals surface area contributed by atoms with E-state index in [0.717, 1.165) is 21.7 Å². The van der Waals surface area contributed by atoms with Gasteiger partial charge < -0.3 is 75.9 Å². The minimum absolute atomic E-state index is 0.00603. The lowest BCUT2D eigenvalue weighted by Crippen LogP contribution is -2.64. The van der Waals surface area contributed by atoms with Gasteiger partial charge in [0.05, 0.1) is 12.4 Å². The van der Waals surface area contributed by atoms with Crippen LogP contribution < -0.4 is 65.9 Å². The second-order valence-electron chi connectivity index (χ2n) is 22.4. The number of H-pyrrole nitrogens is 2. The number of carbonyl (C=O) groups is 8. The number of rotatable bonds is 32. The first kappa shape index (κ1) is 64.4. The van der Waals surface area contributed by atoms with E-state index in [0.29, 0.717) is 54.6 Å². The number of para-hydroxylation sites is 1. The van der Waals surface area contributed by atoms with Gasteiger partial charge in [0, 0.05) is 61.2 Å². The summed E-state index contributed by atoms with van der Waals surface area (Å²) >= 11 is 0. The number of aliphatic imine (C=N–C) groups is 1. The van der Waals surface area contributed by atoms with Gasteiger partial charge in [0.2, 0.25) is 47.3 Å². The van der Waals surface area contributed by atoms with E-state index < -0.39 is 95.1 Å². The first-order chi connectivity index (χ1) is 41.3. The lowest BCUT2D eigenvalue weighted by molar-refractivity contribution is -0.138. The van der Waals surface area contributed by atoms with Crippen LogP contribution in [-0.4, -0.2) is 129 Å². The Bertz CT molecular complexity index is 3300. The van der Waals surface area contributed by atoms with Crippen LogP contribution in [0.25, 0.3) is 21.7 Å². The van der Waals surface area contributed by atoms with E-state index in [1.54, 1.807) is 50.5 Å². The average molecular weight is 1180 g/mol. The van der Waals surface area contributed by atoms with E-state index >= 15 is 14.4 Å². The van der Waals surface area contributed by atoms with Gasteiger partial charge in [0.1, 0.15) is 41.8 Å². The maximum absolute atomic E-state index is 15.2. The van der Waals surface area contributed by atoms with Gasteiger partial charge in [-0.05, 0) is 90.9 Å². The molecule has 1 aliphatic rings. The second kappa shape index (κ2) is 31.1. The first-order valence-electron chi connectivity index (χ1n) is 29.3. The van der Waals surface area contributed by atoms with Crippen molar-refractivity contribution >= 4 is 74.9 Å². The number of fused-ring (bicyclic) bond motifs is 2. The lowest BCUT2D eigenvalue weighted by atomic mass is 9.93. The summed E-state index contributed by atoms with van der Waals surface area (Å²) < 4.78 is 0. The number of nitrogens with two attached hydrogens (primary N) is 5. The second-order valence-corrected chi connectivity index (χ2v) is 22.4. The van der Waals surface area contributed by atoms with Crippen molar-refractivity contribution in [2.45, 2.75) is 145 Å². The fourth-order valence-corrected chi connectivity index (χ4v) is 10.8. The van der Waals surface area contributed by atoms with Gasteiger partial charge in [-0.15, -0.1) is 0 Å². The topological polar surface area (TPSA) is 408 Å². The van der Waals surface area contributed by atoms with Crippen molar-refractivity contribution in [1.82, 2.24) is 52.2 Å². The Morgan fingerprint density at radius 1 is 0.605 bits per heavy atom. The van der Waals surface area contributed by atoms with Crippen molar-refractivity contribution in [3.8, 4) is 0 Å². The number of nitrogens with zero attached hydrogens (tertiary/aromatic N) is 2. The molecule has 6 aromatic rings. The molecule has 2 aromatic heterocycles. The molecule has 458 valence electrons. The zero-order valence-corrected chi connectivity index (χ0v) is 48.7. The molecule has 4 aromatic carbocycles. The summed E-state index contributed by atoms with van der Waals surface area (Å²) in [6.07, 6.45) is 7.43. The third-order valence-electron chi connectivity index (χ3n) is 15.5. The number of benzene rings is 4. The van der Waals surface area contributed by atoms with E-state index in [1.807, 2.05) is 72.8 Å². The highest BCUT2D eigenvalue weighted by molar-refractivity contribution is 6.00. The summed E-state index contributed by atoms with van der Waals surface area (Å²) in [5, 5.41) is 22.7. The van der Waals surface area contributed by atoms with Gasteiger partial charge in [-0.3, -0.25) is 43.3 Å². The van der Waals surface area contributed by atoms with Crippen LogP contribution in [0.1, 0.15) is 94.0 Å². The summed E-state index contributed by atoms with van der Waals surface area (Å²) in [6, 6.07) is 21.3. The number of primary amides is 1. The van der Waals surface area contributed by atoms with Crippen molar-refractivity contribution in [1.29, 1.82) is 0 Å². The number of nitrogens with one attached hydrogen (secondary N) is 9. The van der Waals surface area contributed by atoms with Crippen LogP contribution in [0, 0.1) is 5.92 Å². The molecule has 7 rings (SSSR count). The molecule has 0 saturated heterocycles. The number of guanidine groups is 1. The molecule has 2 heterocycles. The van der Waals surface area contributed by atoms with Crippen LogP contribution in [-0.2, 0) is 64.0 Å². The van der Waals surface area contributed by atoms with E-state index in [1.165, 1.54) is 6.33 Å². The highest BCUT2D eigenvalue weighted by Crippen LogP contribution is 2.31. The summed E-state index contributed by atoms with van der Waals surface area (Å²) in [4.78, 5) is 129. The summed E-state index contributed by atoms with van der Waals surface area (Å²) in [5.74, 6) is -6.11. The minimum atomic E-state index is -1.57. The molecule has 7 atom stereocenters. The Balaban J connectivity index is 1.16. The highest BCUT2D eigenvalue weighted by Gasteiger charge is 2.45. The van der Waals surface area contributed by atoms with Crippen LogP contribution in [0.3, 0.4) is 0 Å². The Morgan fingerprint density at radius 3 is 1.86 bits per heavy atom. The van der Waals surface area contributed by atoms with Crippen molar-refractivity contribution in [2.24, 2.45) is 39.6 Å². The van der Waals surface area contributed by atoms with Gasteiger partial charge in [0.15, 0.2) is 5.96 Å². The van der Waals surface area contributed by atoms with Gasteiger partial charge in [0.25, 0.3) is 0 Å². The average Bonchev–Trinajstić information content (AvgIpc) is 2.27. The van der Waals surface area contributed by atoms with E-state index in [4.69, 9.17) is 28.7 Å². The monoisotopic (exact) mass is 1180 g/mol. The molecule has 8 amide bonds. The van der Waals surface area contributed by atoms with Crippen molar-refractivity contribution in [3.05, 3.63) is 138 Å². The Hall–Kier alpha value is -9.16. The lowest BCUT2D eigenvalue weighted by Gasteiger charge is -2.33. The predicted molar refractivity (Wildman–Crippen MR) is 328 cm³/mol. The SMILES string of the molecule is CC(C)[C@H](NC(=O)[C@H](Cc1ccccc1)NC(=O)[C@H](CCCCN)NC(=O)C1(NC(=O)[C@H](Cc2c[nH]c3ccccc23)NC(=O)[C@H](CCCN=C(N)N)NC(=O)[C@H](Cc2ccc3ccccc3c2)NC(=O)[C@@H](N)Cc2cnc[nH]2)CCCC1)C(N)=O. The molecule has 0 unspecified atom stereocenters. The number of imidazole rings is 1. The third kappa shape index (κ3) is 18.2. The van der Waals surface area contributed by atoms with Crippen LogP contribution in [0.15, 0.2) is 121 Å². The first-order valence-corrected chi connectivity index (χ1v) is 29.3. The quantitative estimate of drug-likeness (QED) is 0.0161. The van der Waals surface area contributed by atoms with Gasteiger partial charge in [-0.25, -0.2) is 4.98 Å². The number of carbonyl (C=O) groups excluding carboxylic acids is 8. The summed E-state index contributed by atoms with van der Waals surface area (Å²) in [6.45, 7) is 3.85. The molecule has 1 saturated carbocycles. The zero-order valence-electron chi connectivity index (χ0n) is 48.7. The molecule has 24 nitrogen and oxygen atoms in total. The predicted octanol–water partition coefficient (Wildman–Crippen LogP) is 1.30. The fourth-order valence-electron chi connectivity index (χ4n) is 10.8. The van der Waals surface area contributed by atoms with Gasteiger partial charge in [-0.1, -0.05) is 118 Å². The van der Waals surface area contributed by atoms with Gasteiger partial charge >= 0.3 is 0 Å². The number of aromatic amines is 2. The van der Waals surface area contributed by atoms with Gasteiger partial charge in [-0.2, -0.15) is 0 Å². The molecule has 86 heavy (non-hydrogen) atoms. The van der Waals surface area contributed by atoms with Crippen molar-refractivity contribution in [2.75, 3.05) is 13.1 Å².